The molecule has 0 aliphatic carbocycles. The van der Waals surface area contributed by atoms with E-state index in [1.54, 1.807) is 47.6 Å². The molecule has 18 heteroatoms. The number of carbonyl (C=O) groups is 7. The number of nitrogens with zero attached hydrogens (tertiary/aromatic N) is 3. The number of aliphatic carboxylic acids is 7. The summed E-state index contributed by atoms with van der Waals surface area (Å²) >= 11 is 0. The number of hydrogen-bond donors (Lipinski definition) is 8. The third-order valence-corrected chi connectivity index (χ3v) is 15.3. The van der Waals surface area contributed by atoms with Crippen LogP contribution in [-0.4, -0.2) is 106 Å². The van der Waals surface area contributed by atoms with E-state index < -0.39 is 131 Å². The molecule has 0 aromatic rings. The molecule has 0 amide bonds. The SMILES string of the molecule is CC1=C2N=C(C=C3NC(=C(C)C4=N[C@@](C)([C@@H]5N=C1[C@](C)(CCC(=O)O)[C@H]5CC(=O)O)[C@@](C)(CC(=O)O)[C@@H]4CCC(=O)O)[C@@](C)(CC(=O)O)[C@@H]3CCC(=O)O)C(C)(C)[C@@H]2CCC(=O)O. The zero-order chi connectivity index (χ0) is 47.4. The van der Waals surface area contributed by atoms with Gasteiger partial charge in [0.2, 0.25) is 0 Å². The van der Waals surface area contributed by atoms with E-state index in [-0.39, 0.29) is 44.2 Å². The second kappa shape index (κ2) is 17.1. The van der Waals surface area contributed by atoms with Gasteiger partial charge in [-0.05, 0) is 63.7 Å². The molecule has 0 aromatic carbocycles. The third kappa shape index (κ3) is 8.56. The van der Waals surface area contributed by atoms with Crippen LogP contribution in [0.4, 0.5) is 0 Å². The molecule has 5 aliphatic heterocycles. The maximum absolute atomic E-state index is 13.1. The van der Waals surface area contributed by atoms with Crippen molar-refractivity contribution >= 4 is 58.9 Å². The van der Waals surface area contributed by atoms with Gasteiger partial charge in [0.15, 0.2) is 0 Å². The summed E-state index contributed by atoms with van der Waals surface area (Å²) in [5, 5.41) is 75.1. The van der Waals surface area contributed by atoms with E-state index in [9.17, 15) is 69.3 Å². The van der Waals surface area contributed by atoms with Crippen molar-refractivity contribution in [1.82, 2.24) is 5.32 Å². The van der Waals surface area contributed by atoms with E-state index in [1.165, 1.54) is 0 Å². The molecule has 8 N–H and O–H groups in total. The summed E-state index contributed by atoms with van der Waals surface area (Å²) < 4.78 is 0. The summed E-state index contributed by atoms with van der Waals surface area (Å²) in [5.41, 5.74) is -3.60. The number of aliphatic imine (C=N–C) groups is 3. The van der Waals surface area contributed by atoms with Crippen LogP contribution in [0.25, 0.3) is 0 Å². The van der Waals surface area contributed by atoms with Crippen LogP contribution in [-0.2, 0) is 33.6 Å². The molecular formula is C45H60N4O14. The molecule has 0 radical (unpaired) electrons. The largest absolute Gasteiger partial charge is 0.481 e. The highest BCUT2D eigenvalue weighted by Gasteiger charge is 2.66. The fraction of sp³-hybridized carbons (Fsp3) is 0.644. The average Bonchev–Trinajstić information content (AvgIpc) is 3.75. The van der Waals surface area contributed by atoms with Gasteiger partial charge in [-0.25, -0.2) is 0 Å². The van der Waals surface area contributed by atoms with Crippen molar-refractivity contribution in [2.75, 3.05) is 0 Å². The Morgan fingerprint density at radius 2 is 1.16 bits per heavy atom. The lowest BCUT2D eigenvalue weighted by Gasteiger charge is -2.48. The molecule has 63 heavy (non-hydrogen) atoms. The van der Waals surface area contributed by atoms with Gasteiger partial charge in [0.25, 0.3) is 0 Å². The summed E-state index contributed by atoms with van der Waals surface area (Å²) in [6.45, 7) is 13.9. The molecule has 9 atom stereocenters. The second-order valence-electron chi connectivity index (χ2n) is 19.5. The second-order valence-corrected chi connectivity index (χ2v) is 19.5. The fourth-order valence-corrected chi connectivity index (χ4v) is 11.8. The summed E-state index contributed by atoms with van der Waals surface area (Å²) in [7, 11) is 0. The molecule has 0 aromatic heterocycles. The minimum Gasteiger partial charge on any atom is -0.481 e. The Labute approximate surface area is 365 Å². The normalized spacial score (nSPS) is 33.0. The van der Waals surface area contributed by atoms with Crippen molar-refractivity contribution in [3.05, 3.63) is 34.3 Å². The molecule has 5 aliphatic rings. The predicted molar refractivity (Wildman–Crippen MR) is 227 cm³/mol. The zero-order valence-corrected chi connectivity index (χ0v) is 37.1. The lowest BCUT2D eigenvalue weighted by atomic mass is 9.55. The molecule has 18 nitrogen and oxygen atoms in total. The van der Waals surface area contributed by atoms with Crippen molar-refractivity contribution in [3.8, 4) is 0 Å². The van der Waals surface area contributed by atoms with Crippen molar-refractivity contribution in [2.45, 2.75) is 138 Å². The molecule has 8 bridgehead atoms. The Kier molecular flexibility index (Phi) is 13.1. The van der Waals surface area contributed by atoms with Crippen molar-refractivity contribution in [2.24, 2.45) is 60.3 Å². The summed E-state index contributed by atoms with van der Waals surface area (Å²) in [5.74, 6) is -11.5. The van der Waals surface area contributed by atoms with Crippen molar-refractivity contribution in [3.63, 3.8) is 0 Å². The molecule has 0 unspecified atom stereocenters. The van der Waals surface area contributed by atoms with Crippen LogP contribution >= 0.6 is 0 Å². The number of hydrogen-bond acceptors (Lipinski definition) is 11. The molecule has 1 fully saturated rings. The average molecular weight is 881 g/mol. The fourth-order valence-electron chi connectivity index (χ4n) is 11.8. The quantitative estimate of drug-likeness (QED) is 0.0792. The molecule has 344 valence electrons. The van der Waals surface area contributed by atoms with Crippen LogP contribution in [0.15, 0.2) is 49.3 Å². The molecular weight excluding hydrogens is 821 g/mol. The van der Waals surface area contributed by atoms with Crippen LogP contribution in [0.2, 0.25) is 0 Å². The van der Waals surface area contributed by atoms with E-state index in [0.717, 1.165) is 0 Å². The molecule has 1 saturated heterocycles. The Morgan fingerprint density at radius 3 is 1.67 bits per heavy atom. The summed E-state index contributed by atoms with van der Waals surface area (Å²) in [6.07, 6.45) is -1.45. The van der Waals surface area contributed by atoms with Crippen molar-refractivity contribution < 1.29 is 69.3 Å². The van der Waals surface area contributed by atoms with Gasteiger partial charge in [-0.2, -0.15) is 0 Å². The van der Waals surface area contributed by atoms with E-state index >= 15 is 0 Å². The Hall–Kier alpha value is -5.68. The topological polar surface area (TPSA) is 310 Å². The van der Waals surface area contributed by atoms with Gasteiger partial charge < -0.3 is 41.1 Å². The van der Waals surface area contributed by atoms with Gasteiger partial charge in [0.05, 0.1) is 30.8 Å². The molecule has 0 spiro atoms. The number of carboxylic acids is 7. The first-order valence-corrected chi connectivity index (χ1v) is 21.3. The van der Waals surface area contributed by atoms with Crippen LogP contribution in [0.5, 0.6) is 0 Å². The van der Waals surface area contributed by atoms with E-state index in [1.807, 2.05) is 13.8 Å². The van der Waals surface area contributed by atoms with E-state index in [2.05, 4.69) is 5.32 Å². The van der Waals surface area contributed by atoms with Crippen molar-refractivity contribution in [1.29, 1.82) is 0 Å². The van der Waals surface area contributed by atoms with Gasteiger partial charge in [-0.15, -0.1) is 0 Å². The summed E-state index contributed by atoms with van der Waals surface area (Å²) in [4.78, 5) is 104. The molecule has 0 saturated carbocycles. The van der Waals surface area contributed by atoms with Gasteiger partial charge in [0.1, 0.15) is 0 Å². The number of fused-ring (bicyclic) bond motifs is 6. The highest BCUT2D eigenvalue weighted by Crippen LogP contribution is 2.62. The maximum atomic E-state index is 13.1. The number of carboxylic acid groups (broad SMARTS) is 7. The Balaban J connectivity index is 2.03. The van der Waals surface area contributed by atoms with E-state index in [4.69, 9.17) is 15.0 Å². The smallest absolute Gasteiger partial charge is 0.304 e. The van der Waals surface area contributed by atoms with Gasteiger partial charge in [-0.1, -0.05) is 34.6 Å². The van der Waals surface area contributed by atoms with Crippen LogP contribution in [0.3, 0.4) is 0 Å². The Bertz CT molecular complexity index is 2220. The predicted octanol–water partition coefficient (Wildman–Crippen LogP) is 5.92. The van der Waals surface area contributed by atoms with Crippen LogP contribution < -0.4 is 5.32 Å². The lowest BCUT2D eigenvalue weighted by molar-refractivity contribution is -0.143. The number of allylic oxidation sites excluding steroid dienone is 6. The van der Waals surface area contributed by atoms with Gasteiger partial charge >= 0.3 is 41.8 Å². The van der Waals surface area contributed by atoms with Gasteiger partial charge in [0, 0.05) is 105 Å². The lowest BCUT2D eigenvalue weighted by Crippen LogP contribution is -2.55. The first-order valence-electron chi connectivity index (χ1n) is 21.3. The first-order chi connectivity index (χ1) is 29.0. The standard InChI is InChI=1S/C45H60N4O14/c1-21-36-24(10-13-30(52)53)41(3,4)28(47-36)18-27-23(9-12-29(50)51)43(6,19-34(60)61)39(46-27)22(2)37-25(11-14-31(54)55)44(7,20-35(62)63)45(8,49-37)40-26(17-33(58)59)42(5,38(21)48-40)16-15-32(56)57/h18,23-26,40,46H,9-17,19-20H2,1-8H3,(H,50,51)(H,52,53)(H,54,55)(H,56,57)(H,58,59)(H,60,61)(H,62,63)/t23-,24-,25-,26+,40-,42-,43+,44+,45+/m1/s1. The first kappa shape index (κ1) is 48.4. The third-order valence-electron chi connectivity index (χ3n) is 15.3. The zero-order valence-electron chi connectivity index (χ0n) is 37.1. The van der Waals surface area contributed by atoms with Gasteiger partial charge in [-0.3, -0.25) is 48.5 Å². The highest BCUT2D eigenvalue weighted by atomic mass is 16.4. The molecule has 5 heterocycles. The number of nitrogens with one attached hydrogen (secondary N) is 1. The van der Waals surface area contributed by atoms with Crippen LogP contribution in [0.1, 0.15) is 126 Å². The van der Waals surface area contributed by atoms with E-state index in [0.29, 0.717) is 39.7 Å². The minimum absolute atomic E-state index is 0.0202. The monoisotopic (exact) mass is 880 g/mol. The highest BCUT2D eigenvalue weighted by molar-refractivity contribution is 6.10. The summed E-state index contributed by atoms with van der Waals surface area (Å²) in [6, 6.07) is -1.15. The molecule has 5 rings (SSSR count). The minimum atomic E-state index is -1.63. The van der Waals surface area contributed by atoms with Crippen LogP contribution in [0, 0.1) is 45.3 Å². The number of rotatable bonds is 18. The Morgan fingerprint density at radius 1 is 0.635 bits per heavy atom. The maximum Gasteiger partial charge on any atom is 0.304 e.